The molecule has 0 bridgehead atoms. The van der Waals surface area contributed by atoms with Gasteiger partial charge in [-0.2, -0.15) is 5.10 Å². The molecule has 3 fully saturated rings. The van der Waals surface area contributed by atoms with Gasteiger partial charge in [0.1, 0.15) is 5.69 Å². The number of aromatic nitrogens is 2. The summed E-state index contributed by atoms with van der Waals surface area (Å²) < 4.78 is 28.2. The summed E-state index contributed by atoms with van der Waals surface area (Å²) in [5.74, 6) is -1.54. The molecule has 1 amide bonds. The molecule has 0 saturated heterocycles. The van der Waals surface area contributed by atoms with Crippen molar-refractivity contribution in [2.45, 2.75) is 68.9 Å². The van der Waals surface area contributed by atoms with Crippen molar-refractivity contribution in [1.29, 1.82) is 0 Å². The lowest BCUT2D eigenvalue weighted by Gasteiger charge is -2.28. The highest BCUT2D eigenvalue weighted by atomic mass is 19.3. The Balaban J connectivity index is 1.31. The number of alkyl halides is 2. The second-order valence-electron chi connectivity index (χ2n) is 7.98. The Hall–Kier alpha value is -1.50. The molecule has 3 aliphatic carbocycles. The highest BCUT2D eigenvalue weighted by Crippen LogP contribution is 2.41. The van der Waals surface area contributed by atoms with Gasteiger partial charge in [-0.3, -0.25) is 9.48 Å². The second kappa shape index (κ2) is 6.34. The molecular weight excluding hydrogens is 326 g/mol. The van der Waals surface area contributed by atoms with Gasteiger partial charge in [0.15, 0.2) is 0 Å². The first-order valence-corrected chi connectivity index (χ1v) is 9.37. The fourth-order valence-corrected chi connectivity index (χ4v) is 3.77. The van der Waals surface area contributed by atoms with Crippen molar-refractivity contribution < 1.29 is 13.6 Å². The molecule has 0 spiro atoms. The maximum Gasteiger partial charge on any atom is 0.272 e. The zero-order valence-corrected chi connectivity index (χ0v) is 14.6. The first-order chi connectivity index (χ1) is 11.9. The van der Waals surface area contributed by atoms with Crippen molar-refractivity contribution in [2.24, 2.45) is 13.0 Å². The molecule has 4 rings (SSSR count). The maximum absolute atomic E-state index is 13.2. The summed E-state index contributed by atoms with van der Waals surface area (Å²) in [4.78, 5) is 12.4. The van der Waals surface area contributed by atoms with Crippen molar-refractivity contribution in [2.75, 3.05) is 6.54 Å². The van der Waals surface area contributed by atoms with E-state index in [0.717, 1.165) is 24.6 Å². The Labute approximate surface area is 146 Å². The summed E-state index contributed by atoms with van der Waals surface area (Å²) in [5.41, 5.74) is 1.47. The number of nitrogens with zero attached hydrogens (tertiary/aromatic N) is 2. The third kappa shape index (κ3) is 4.02. The van der Waals surface area contributed by atoms with Gasteiger partial charge in [0.05, 0.1) is 0 Å². The number of halogens is 2. The number of nitrogens with one attached hydrogen (secondary N) is 2. The van der Waals surface area contributed by atoms with E-state index in [1.165, 1.54) is 12.8 Å². The first kappa shape index (κ1) is 16.9. The normalized spacial score (nSPS) is 28.8. The van der Waals surface area contributed by atoms with Crippen LogP contribution in [0, 0.1) is 5.92 Å². The third-order valence-electron chi connectivity index (χ3n) is 5.74. The minimum Gasteiger partial charge on any atom is -0.348 e. The second-order valence-corrected chi connectivity index (χ2v) is 7.98. The van der Waals surface area contributed by atoms with Crippen molar-refractivity contribution in [3.63, 3.8) is 0 Å². The van der Waals surface area contributed by atoms with Crippen molar-refractivity contribution in [1.82, 2.24) is 20.4 Å². The largest absolute Gasteiger partial charge is 0.348 e. The lowest BCUT2D eigenvalue weighted by Crippen LogP contribution is -2.40. The van der Waals surface area contributed by atoms with Crippen LogP contribution in [0.4, 0.5) is 8.78 Å². The van der Waals surface area contributed by atoms with E-state index in [0.29, 0.717) is 30.5 Å². The molecule has 0 aliphatic heterocycles. The van der Waals surface area contributed by atoms with E-state index in [2.05, 4.69) is 15.7 Å². The van der Waals surface area contributed by atoms with Crippen LogP contribution in [0.1, 0.15) is 67.0 Å². The predicted molar refractivity (Wildman–Crippen MR) is 89.7 cm³/mol. The van der Waals surface area contributed by atoms with Gasteiger partial charge in [0.25, 0.3) is 5.91 Å². The zero-order valence-electron chi connectivity index (χ0n) is 14.6. The quantitative estimate of drug-likeness (QED) is 0.827. The predicted octanol–water partition coefficient (Wildman–Crippen LogP) is 2.58. The van der Waals surface area contributed by atoms with Crippen LogP contribution in [0.3, 0.4) is 0 Å². The van der Waals surface area contributed by atoms with Crippen LogP contribution in [-0.2, 0) is 7.05 Å². The number of amides is 1. The minimum atomic E-state index is -2.58. The van der Waals surface area contributed by atoms with Crippen LogP contribution >= 0.6 is 0 Å². The minimum absolute atomic E-state index is 0.151. The number of carbonyl (C=O) groups is 1. The van der Waals surface area contributed by atoms with Crippen LogP contribution < -0.4 is 10.6 Å². The number of rotatable bonds is 6. The van der Waals surface area contributed by atoms with E-state index >= 15 is 0 Å². The highest BCUT2D eigenvalue weighted by molar-refractivity contribution is 5.92. The first-order valence-electron chi connectivity index (χ1n) is 9.37. The zero-order chi connectivity index (χ0) is 17.6. The Morgan fingerprint density at radius 2 is 2.04 bits per heavy atom. The van der Waals surface area contributed by atoms with Gasteiger partial charge in [-0.15, -0.1) is 0 Å². The maximum atomic E-state index is 13.2. The van der Waals surface area contributed by atoms with E-state index < -0.39 is 5.92 Å². The van der Waals surface area contributed by atoms with Crippen LogP contribution in [0.5, 0.6) is 0 Å². The van der Waals surface area contributed by atoms with Gasteiger partial charge in [-0.25, -0.2) is 8.78 Å². The lowest BCUT2D eigenvalue weighted by molar-refractivity contribution is -0.0399. The van der Waals surface area contributed by atoms with Gasteiger partial charge in [0.2, 0.25) is 5.92 Å². The van der Waals surface area contributed by atoms with Crippen LogP contribution in [0.2, 0.25) is 0 Å². The van der Waals surface area contributed by atoms with E-state index in [1.807, 2.05) is 13.1 Å². The molecule has 1 aromatic heterocycles. The molecule has 2 atom stereocenters. The van der Waals surface area contributed by atoms with Crippen LogP contribution in [-0.4, -0.2) is 40.2 Å². The average Bonchev–Trinajstić information content (AvgIpc) is 3.47. The van der Waals surface area contributed by atoms with Gasteiger partial charge in [-0.1, -0.05) is 0 Å². The molecule has 0 radical (unpaired) electrons. The Morgan fingerprint density at radius 1 is 1.32 bits per heavy atom. The molecular formula is C18H26F2N4O. The molecule has 3 aliphatic rings. The van der Waals surface area contributed by atoms with Crippen molar-refractivity contribution in [3.8, 4) is 0 Å². The number of carbonyl (C=O) groups excluding carboxylic acids is 1. The third-order valence-corrected chi connectivity index (χ3v) is 5.74. The Kier molecular flexibility index (Phi) is 4.30. The molecule has 138 valence electrons. The summed E-state index contributed by atoms with van der Waals surface area (Å²) in [6, 6.07) is 2.18. The Bertz CT molecular complexity index is 646. The monoisotopic (exact) mass is 352 g/mol. The van der Waals surface area contributed by atoms with Crippen LogP contribution in [0.25, 0.3) is 0 Å². The van der Waals surface area contributed by atoms with Crippen molar-refractivity contribution >= 4 is 5.91 Å². The molecule has 3 saturated carbocycles. The summed E-state index contributed by atoms with van der Waals surface area (Å²) in [5, 5.41) is 10.8. The molecule has 2 N–H and O–H groups in total. The summed E-state index contributed by atoms with van der Waals surface area (Å²) in [6.07, 6.45) is 4.12. The van der Waals surface area contributed by atoms with Gasteiger partial charge >= 0.3 is 0 Å². The van der Waals surface area contributed by atoms with E-state index in [4.69, 9.17) is 0 Å². The van der Waals surface area contributed by atoms with E-state index in [9.17, 15) is 13.6 Å². The highest BCUT2D eigenvalue weighted by Gasteiger charge is 2.41. The molecule has 25 heavy (non-hydrogen) atoms. The fraction of sp³-hybridized carbons (Fsp3) is 0.778. The molecule has 5 nitrogen and oxygen atoms in total. The lowest BCUT2D eigenvalue weighted by atomic mass is 9.92. The summed E-state index contributed by atoms with van der Waals surface area (Å²) >= 11 is 0. The molecule has 0 aromatic carbocycles. The van der Waals surface area contributed by atoms with Gasteiger partial charge < -0.3 is 10.6 Å². The SMILES string of the molecule is Cn1nc(C(=O)NC2CCC(F)(F)CC2)cc1[C@@H]1C[C@H]1NCC1CC1. The molecule has 7 heteroatoms. The van der Waals surface area contributed by atoms with Gasteiger partial charge in [0, 0.05) is 43.6 Å². The topological polar surface area (TPSA) is 59.0 Å². The fourth-order valence-electron chi connectivity index (χ4n) is 3.77. The molecule has 1 heterocycles. The number of aryl methyl sites for hydroxylation is 1. The van der Waals surface area contributed by atoms with Crippen LogP contribution in [0.15, 0.2) is 6.07 Å². The summed E-state index contributed by atoms with van der Waals surface area (Å²) in [7, 11) is 1.86. The standard InChI is InChI=1S/C18H26F2N4O/c1-24-16(13-8-14(13)21-10-11-2-3-11)9-15(23-24)17(25)22-12-4-6-18(19,20)7-5-12/h9,11-14,21H,2-8,10H2,1H3,(H,22,25)/t13-,14-/m1/s1. The van der Waals surface area contributed by atoms with E-state index in [1.54, 1.807) is 4.68 Å². The van der Waals surface area contributed by atoms with Crippen molar-refractivity contribution in [3.05, 3.63) is 17.5 Å². The molecule has 0 unspecified atom stereocenters. The average molecular weight is 352 g/mol. The number of hydrogen-bond donors (Lipinski definition) is 2. The molecule has 1 aromatic rings. The Morgan fingerprint density at radius 3 is 2.72 bits per heavy atom. The summed E-state index contributed by atoms with van der Waals surface area (Å²) in [6.45, 7) is 1.10. The number of hydrogen-bond acceptors (Lipinski definition) is 3. The smallest absolute Gasteiger partial charge is 0.272 e. The van der Waals surface area contributed by atoms with E-state index in [-0.39, 0.29) is 24.8 Å². The van der Waals surface area contributed by atoms with Gasteiger partial charge in [-0.05, 0) is 50.6 Å².